The third-order valence-electron chi connectivity index (χ3n) is 10.4. The fourth-order valence-electron chi connectivity index (χ4n) is 7.70. The van der Waals surface area contributed by atoms with Crippen molar-refractivity contribution >= 4 is 0 Å². The van der Waals surface area contributed by atoms with Crippen molar-refractivity contribution in [2.75, 3.05) is 0 Å². The van der Waals surface area contributed by atoms with Crippen LogP contribution in [0.3, 0.4) is 0 Å². The van der Waals surface area contributed by atoms with Gasteiger partial charge in [0.05, 0.1) is 0 Å². The number of hydrogen-bond acceptors (Lipinski definition) is 0. The molecule has 1 aliphatic carbocycles. The van der Waals surface area contributed by atoms with Crippen LogP contribution in [0.5, 0.6) is 0 Å². The quantitative estimate of drug-likeness (QED) is 0.0743. The van der Waals surface area contributed by atoms with E-state index < -0.39 is 0 Å². The van der Waals surface area contributed by atoms with E-state index in [0.29, 0.717) is 0 Å². The summed E-state index contributed by atoms with van der Waals surface area (Å²) in [6, 6.07) is 0. The van der Waals surface area contributed by atoms with Gasteiger partial charge in [-0.2, -0.15) is 18.8 Å². The van der Waals surface area contributed by atoms with Crippen molar-refractivity contribution in [1.29, 1.82) is 0 Å². The Morgan fingerprint density at radius 3 is 1.46 bits per heavy atom. The van der Waals surface area contributed by atoms with E-state index in [-0.39, 0.29) is 40.1 Å². The van der Waals surface area contributed by atoms with Crippen LogP contribution in [0.4, 0.5) is 0 Å². The van der Waals surface area contributed by atoms with Crippen LogP contribution in [-0.4, -0.2) is 0 Å². The predicted octanol–water partition coefficient (Wildman–Crippen LogP) is 13.8. The van der Waals surface area contributed by atoms with Crippen LogP contribution in [0, 0.1) is 48.9 Å². The first-order valence-electron chi connectivity index (χ1n) is 17.9. The second kappa shape index (κ2) is 27.9. The standard InChI is InChI=1S/C37H73.CH3.Y/c1-8-14-17-19-22-32(12-5)29-35(30-33(13-6)23-20-18-15-9-2)36(21-11-4)37(24-16-10-3)34-27-25-31(7)26-28-34;;/h31-34,36-37H,8-30H2,1-7H3;1H3;/q2*-1;. The maximum atomic E-state index is 2.51. The van der Waals surface area contributed by atoms with Crippen molar-refractivity contribution in [2.24, 2.45) is 35.5 Å². The molecule has 0 spiro atoms. The summed E-state index contributed by atoms with van der Waals surface area (Å²) in [6.45, 7) is 17.1. The van der Waals surface area contributed by atoms with Crippen LogP contribution >= 0.6 is 0 Å². The van der Waals surface area contributed by atoms with Gasteiger partial charge < -0.3 is 13.3 Å². The van der Waals surface area contributed by atoms with Crippen LogP contribution in [0.25, 0.3) is 0 Å². The van der Waals surface area contributed by atoms with E-state index in [1.807, 2.05) is 0 Å². The molecule has 1 fully saturated rings. The Bertz CT molecular complexity index is 457. The van der Waals surface area contributed by atoms with E-state index in [0.717, 1.165) is 35.5 Å². The maximum absolute atomic E-state index is 2.51. The zero-order valence-electron chi connectivity index (χ0n) is 28.8. The zero-order chi connectivity index (χ0) is 27.3. The molecule has 0 aromatic carbocycles. The van der Waals surface area contributed by atoms with E-state index in [9.17, 15) is 0 Å². The molecule has 1 saturated carbocycles. The molecule has 0 nitrogen and oxygen atoms in total. The molecule has 0 heterocycles. The van der Waals surface area contributed by atoms with Crippen molar-refractivity contribution in [3.05, 3.63) is 13.3 Å². The van der Waals surface area contributed by atoms with Crippen molar-refractivity contribution in [1.82, 2.24) is 0 Å². The van der Waals surface area contributed by atoms with Crippen LogP contribution in [0.2, 0.25) is 0 Å². The normalized spacial score (nSPS) is 20.6. The van der Waals surface area contributed by atoms with Crippen LogP contribution in [0.15, 0.2) is 0 Å². The molecule has 0 aromatic heterocycles. The second-order valence-corrected chi connectivity index (χ2v) is 13.5. The Labute approximate surface area is 276 Å². The fraction of sp³-hybridized carbons (Fsp3) is 0.947. The van der Waals surface area contributed by atoms with E-state index >= 15 is 0 Å². The van der Waals surface area contributed by atoms with Gasteiger partial charge in [-0.3, -0.25) is 0 Å². The third kappa shape index (κ3) is 18.4. The maximum Gasteiger partial charge on any atom is 0 e. The van der Waals surface area contributed by atoms with Gasteiger partial charge in [0.15, 0.2) is 0 Å². The Morgan fingerprint density at radius 1 is 0.564 bits per heavy atom. The summed E-state index contributed by atoms with van der Waals surface area (Å²) in [6.07, 6.45) is 33.3. The fourth-order valence-corrected chi connectivity index (χ4v) is 7.70. The van der Waals surface area contributed by atoms with Crippen LogP contribution in [-0.2, 0) is 32.7 Å². The SMILES string of the molecule is CCCCCCC(CC)C[C-](CC(CC)CCCCCC)C(CCC)C(CCCC)C1CCC(C)CC1.[CH3-].[Y]. The van der Waals surface area contributed by atoms with Crippen molar-refractivity contribution in [3.63, 3.8) is 0 Å². The molecule has 233 valence electrons. The van der Waals surface area contributed by atoms with Crippen molar-refractivity contribution < 1.29 is 32.7 Å². The third-order valence-corrected chi connectivity index (χ3v) is 10.4. The molecule has 1 rings (SSSR count). The van der Waals surface area contributed by atoms with Gasteiger partial charge in [0, 0.05) is 32.7 Å². The van der Waals surface area contributed by atoms with E-state index in [4.69, 9.17) is 0 Å². The number of rotatable bonds is 24. The molecule has 4 unspecified atom stereocenters. The topological polar surface area (TPSA) is 0 Å². The number of hydrogen-bond donors (Lipinski definition) is 0. The summed E-state index contributed by atoms with van der Waals surface area (Å²) in [7, 11) is 0. The van der Waals surface area contributed by atoms with Gasteiger partial charge in [0.1, 0.15) is 0 Å². The minimum Gasteiger partial charge on any atom is -0.358 e. The predicted molar refractivity (Wildman–Crippen MR) is 177 cm³/mol. The first kappa shape index (κ1) is 42.2. The Morgan fingerprint density at radius 2 is 1.05 bits per heavy atom. The summed E-state index contributed by atoms with van der Waals surface area (Å²) in [5.74, 6) is 7.78. The largest absolute Gasteiger partial charge is 0.358 e. The average Bonchev–Trinajstić information content (AvgIpc) is 2.91. The van der Waals surface area contributed by atoms with E-state index in [1.54, 1.807) is 0 Å². The summed E-state index contributed by atoms with van der Waals surface area (Å²) in [5, 5.41) is 0. The van der Waals surface area contributed by atoms with Gasteiger partial charge in [-0.15, -0.1) is 0 Å². The van der Waals surface area contributed by atoms with Crippen LogP contribution in [0.1, 0.15) is 196 Å². The molecule has 1 aliphatic rings. The molecule has 0 amide bonds. The molecule has 1 heteroatoms. The van der Waals surface area contributed by atoms with Crippen molar-refractivity contribution in [2.45, 2.75) is 196 Å². The van der Waals surface area contributed by atoms with Gasteiger partial charge in [0.2, 0.25) is 0 Å². The van der Waals surface area contributed by atoms with Gasteiger partial charge >= 0.3 is 0 Å². The van der Waals surface area contributed by atoms with Crippen LogP contribution < -0.4 is 0 Å². The summed E-state index contributed by atoms with van der Waals surface area (Å²) >= 11 is 0. The molecule has 0 aromatic rings. The molecular weight excluding hydrogens is 545 g/mol. The van der Waals surface area contributed by atoms with E-state index in [2.05, 4.69) is 54.4 Å². The monoisotopic (exact) mass is 622 g/mol. The molecular formula is C38H76Y-2. The second-order valence-electron chi connectivity index (χ2n) is 13.5. The minimum atomic E-state index is 0. The molecule has 0 saturated heterocycles. The Balaban J connectivity index is 0. The first-order valence-corrected chi connectivity index (χ1v) is 17.9. The van der Waals surface area contributed by atoms with Gasteiger partial charge in [-0.05, 0) is 11.8 Å². The molecule has 1 radical (unpaired) electrons. The summed E-state index contributed by atoms with van der Waals surface area (Å²) in [4.78, 5) is 0. The summed E-state index contributed by atoms with van der Waals surface area (Å²) < 4.78 is 0. The molecule has 0 aliphatic heterocycles. The smallest absolute Gasteiger partial charge is 0 e. The minimum absolute atomic E-state index is 0. The molecule has 39 heavy (non-hydrogen) atoms. The molecule has 0 N–H and O–H groups in total. The van der Waals surface area contributed by atoms with Gasteiger partial charge in [-0.25, -0.2) is 0 Å². The van der Waals surface area contributed by atoms with Crippen molar-refractivity contribution in [3.8, 4) is 0 Å². The zero-order valence-corrected chi connectivity index (χ0v) is 31.6. The van der Waals surface area contributed by atoms with Gasteiger partial charge in [0.25, 0.3) is 0 Å². The summed E-state index contributed by atoms with van der Waals surface area (Å²) in [5.41, 5.74) is 0. The number of unbranched alkanes of at least 4 members (excludes halogenated alkanes) is 7. The molecule has 0 bridgehead atoms. The average molecular weight is 622 g/mol. The Kier molecular flexibility index (Phi) is 30.2. The first-order chi connectivity index (χ1) is 18.0. The van der Waals surface area contributed by atoms with E-state index in [1.165, 1.54) is 148 Å². The van der Waals surface area contributed by atoms with Gasteiger partial charge in [-0.1, -0.05) is 201 Å². The molecule has 4 atom stereocenters. The Hall–Kier alpha value is 1.10.